The fourth-order valence-electron chi connectivity index (χ4n) is 0.0745. The summed E-state index contributed by atoms with van der Waals surface area (Å²) in [4.78, 5) is 10.5. The number of hydrogen-bond donors (Lipinski definition) is 0. The van der Waals surface area contributed by atoms with Crippen molar-refractivity contribution in [1.82, 2.24) is 0 Å². The highest BCUT2D eigenvalue weighted by molar-refractivity contribution is 8.66. The van der Waals surface area contributed by atoms with Gasteiger partial charge in [0.2, 0.25) is 0 Å². The molecule has 1 atom stereocenters. The van der Waals surface area contributed by atoms with Crippen molar-refractivity contribution in [1.29, 1.82) is 0 Å². The normalized spacial score (nSPS) is 18.7. The maximum atomic E-state index is 10.5. The average Bonchev–Trinajstić information content (AvgIpc) is 1.68. The zero-order valence-electron chi connectivity index (χ0n) is 4.08. The molecule has 0 heterocycles. The molecule has 2 nitrogen and oxygen atoms in total. The molecule has 0 fully saturated rings. The highest BCUT2D eigenvalue weighted by Gasteiger charge is 1.91. The Labute approximate surface area is 52.2 Å². The molecule has 7 heavy (non-hydrogen) atoms. The Morgan fingerprint density at radius 2 is 2.29 bits per heavy atom. The Hall–Kier alpha value is 0.920. The minimum Gasteiger partial charge on any atom is -0.793 e. The molecule has 0 aromatic rings. The second kappa shape index (κ2) is 3.05. The summed E-state index contributed by atoms with van der Waals surface area (Å²) in [6.45, 7) is 0. The maximum absolute atomic E-state index is 10.5. The molecule has 0 aliphatic heterocycles. The number of hydrogen-bond acceptors (Lipinski definition) is 4. The molecular weight excluding hydrogens is 151 g/mol. The van der Waals surface area contributed by atoms with Gasteiger partial charge in [-0.2, -0.15) is 0 Å². The lowest BCUT2D eigenvalue weighted by molar-refractivity contribution is -0.172. The van der Waals surface area contributed by atoms with Crippen molar-refractivity contribution in [3.05, 3.63) is 0 Å². The van der Waals surface area contributed by atoms with Gasteiger partial charge in [-0.05, 0) is 6.26 Å². The third-order valence-electron chi connectivity index (χ3n) is 0.447. The summed E-state index contributed by atoms with van der Waals surface area (Å²) in [7, 11) is 1.35. The topological polar surface area (TPSA) is 32.3 Å². The van der Waals surface area contributed by atoms with E-state index in [1.807, 2.05) is 0 Å². The Morgan fingerprint density at radius 1 is 1.86 bits per heavy atom. The SMILES string of the molecule is COP([O-])(=S)SC. The van der Waals surface area contributed by atoms with Crippen molar-refractivity contribution in [2.45, 2.75) is 0 Å². The van der Waals surface area contributed by atoms with E-state index in [2.05, 4.69) is 16.3 Å². The van der Waals surface area contributed by atoms with Gasteiger partial charge >= 0.3 is 0 Å². The highest BCUT2D eigenvalue weighted by Crippen LogP contribution is 2.48. The van der Waals surface area contributed by atoms with Gasteiger partial charge in [-0.25, -0.2) is 0 Å². The molecule has 0 amide bonds. The summed E-state index contributed by atoms with van der Waals surface area (Å²) in [5.41, 5.74) is -2.65. The van der Waals surface area contributed by atoms with Gasteiger partial charge < -0.3 is 9.42 Å². The van der Waals surface area contributed by atoms with Crippen molar-refractivity contribution in [3.63, 3.8) is 0 Å². The molecule has 0 rings (SSSR count). The van der Waals surface area contributed by atoms with E-state index in [1.54, 1.807) is 6.26 Å². The van der Waals surface area contributed by atoms with Crippen LogP contribution in [0.1, 0.15) is 0 Å². The van der Waals surface area contributed by atoms with Gasteiger partial charge in [-0.1, -0.05) is 11.8 Å². The van der Waals surface area contributed by atoms with Crippen LogP contribution in [0.5, 0.6) is 0 Å². The summed E-state index contributed by atoms with van der Waals surface area (Å²) in [6, 6.07) is 0. The van der Waals surface area contributed by atoms with Gasteiger partial charge in [0, 0.05) is 12.8 Å². The molecule has 1 unspecified atom stereocenters. The molecule has 0 bridgehead atoms. The van der Waals surface area contributed by atoms with E-state index >= 15 is 0 Å². The van der Waals surface area contributed by atoms with Crippen molar-refractivity contribution in [2.24, 2.45) is 0 Å². The third kappa shape index (κ3) is 3.50. The van der Waals surface area contributed by atoms with E-state index < -0.39 is 5.69 Å². The average molecular weight is 157 g/mol. The van der Waals surface area contributed by atoms with Crippen LogP contribution in [0.3, 0.4) is 0 Å². The minimum absolute atomic E-state index is 1.08. The predicted molar refractivity (Wildman–Crippen MR) is 34.8 cm³/mol. The Morgan fingerprint density at radius 3 is 2.29 bits per heavy atom. The summed E-state index contributed by atoms with van der Waals surface area (Å²) in [6.07, 6.45) is 1.66. The van der Waals surface area contributed by atoms with Crippen LogP contribution in [-0.4, -0.2) is 13.4 Å². The molecule has 0 saturated heterocycles. The second-order valence-corrected chi connectivity index (χ2v) is 7.11. The fourth-order valence-corrected chi connectivity index (χ4v) is 0.671. The first kappa shape index (κ1) is 7.92. The molecule has 0 radical (unpaired) electrons. The van der Waals surface area contributed by atoms with Crippen LogP contribution in [-0.2, 0) is 16.3 Å². The van der Waals surface area contributed by atoms with Gasteiger partial charge in [0.1, 0.15) is 0 Å². The Bertz CT molecular complexity index is 85.7. The predicted octanol–water partition coefficient (Wildman–Crippen LogP) is 0.581. The van der Waals surface area contributed by atoms with Crippen LogP contribution >= 0.6 is 17.1 Å². The van der Waals surface area contributed by atoms with Crippen LogP contribution in [0.4, 0.5) is 0 Å². The lowest BCUT2D eigenvalue weighted by Gasteiger charge is -2.21. The largest absolute Gasteiger partial charge is 0.793 e. The minimum atomic E-state index is -2.65. The molecule has 0 spiro atoms. The van der Waals surface area contributed by atoms with Crippen molar-refractivity contribution in [3.8, 4) is 0 Å². The molecule has 0 saturated carbocycles. The standard InChI is InChI=1S/C2H7O2PS2/c1-4-5(3,6)7-2/h1-2H3,(H,3,6)/p-1. The van der Waals surface area contributed by atoms with E-state index in [0.29, 0.717) is 0 Å². The first-order valence-electron chi connectivity index (χ1n) is 1.55. The van der Waals surface area contributed by atoms with Crippen molar-refractivity contribution >= 4 is 28.9 Å². The fraction of sp³-hybridized carbons (Fsp3) is 1.00. The molecule has 0 aliphatic carbocycles. The lowest BCUT2D eigenvalue weighted by Crippen LogP contribution is -1.95. The summed E-state index contributed by atoms with van der Waals surface area (Å²) < 4.78 is 4.42. The number of rotatable bonds is 2. The third-order valence-corrected chi connectivity index (χ3v) is 4.92. The van der Waals surface area contributed by atoms with Gasteiger partial charge in [0.15, 0.2) is 0 Å². The second-order valence-electron chi connectivity index (χ2n) is 0.812. The van der Waals surface area contributed by atoms with Gasteiger partial charge in [0.05, 0.1) is 0 Å². The lowest BCUT2D eigenvalue weighted by atomic mass is 11.8. The highest BCUT2D eigenvalue weighted by atomic mass is 32.9. The monoisotopic (exact) mass is 157 g/mol. The summed E-state index contributed by atoms with van der Waals surface area (Å²) in [5, 5.41) is 0. The Kier molecular flexibility index (Phi) is 3.45. The van der Waals surface area contributed by atoms with E-state index in [0.717, 1.165) is 11.4 Å². The summed E-state index contributed by atoms with van der Waals surface area (Å²) in [5.74, 6) is 0. The van der Waals surface area contributed by atoms with E-state index in [1.165, 1.54) is 7.11 Å². The first-order valence-corrected chi connectivity index (χ1v) is 6.01. The molecule has 0 aromatic heterocycles. The molecule has 0 N–H and O–H groups in total. The molecule has 5 heteroatoms. The first-order chi connectivity index (χ1) is 3.12. The zero-order chi connectivity index (χ0) is 5.91. The molecule has 44 valence electrons. The summed E-state index contributed by atoms with van der Waals surface area (Å²) >= 11 is 5.52. The Balaban J connectivity index is 3.61. The van der Waals surface area contributed by atoms with Crippen LogP contribution in [0.2, 0.25) is 0 Å². The maximum Gasteiger partial charge on any atom is 0.0467 e. The molecule has 0 aliphatic rings. The van der Waals surface area contributed by atoms with Gasteiger partial charge in [0.25, 0.3) is 0 Å². The van der Waals surface area contributed by atoms with Crippen LogP contribution in [0.25, 0.3) is 0 Å². The van der Waals surface area contributed by atoms with Crippen LogP contribution in [0, 0.1) is 0 Å². The van der Waals surface area contributed by atoms with E-state index in [9.17, 15) is 4.89 Å². The van der Waals surface area contributed by atoms with Crippen LogP contribution in [0.15, 0.2) is 0 Å². The zero-order valence-corrected chi connectivity index (χ0v) is 6.61. The van der Waals surface area contributed by atoms with Gasteiger partial charge in [-0.3, -0.25) is 0 Å². The molecular formula is C2H6O2PS2-. The smallest absolute Gasteiger partial charge is 0.0467 e. The quantitative estimate of drug-likeness (QED) is 0.549. The van der Waals surface area contributed by atoms with Crippen molar-refractivity contribution in [2.75, 3.05) is 13.4 Å². The van der Waals surface area contributed by atoms with E-state index in [-0.39, 0.29) is 0 Å². The van der Waals surface area contributed by atoms with Crippen molar-refractivity contribution < 1.29 is 9.42 Å². The van der Waals surface area contributed by atoms with Gasteiger partial charge in [-0.15, -0.1) is 11.4 Å². The molecule has 0 aromatic carbocycles. The van der Waals surface area contributed by atoms with Crippen LogP contribution < -0.4 is 4.89 Å². The van der Waals surface area contributed by atoms with E-state index in [4.69, 9.17) is 0 Å².